The number of nitrogens with zero attached hydrogens (tertiary/aromatic N) is 1. The Morgan fingerprint density at radius 1 is 1.17 bits per heavy atom. The Kier molecular flexibility index (Phi) is 2.57. The Morgan fingerprint density at radius 3 is 2.33 bits per heavy atom. The largest absolute Gasteiger partial charge is 0.298 e. The normalized spacial score (nSPS) is 27.9. The molecule has 4 nitrogen and oxygen atoms in total. The zero-order valence-electron chi connectivity index (χ0n) is 10.2. The molecule has 1 aromatic carbocycles. The van der Waals surface area contributed by atoms with Gasteiger partial charge in [-0.2, -0.15) is 4.31 Å². The van der Waals surface area contributed by atoms with E-state index in [0.717, 1.165) is 12.0 Å². The number of hydrogen-bond acceptors (Lipinski definition) is 3. The number of ketones is 1. The zero-order chi connectivity index (χ0) is 12.9. The highest BCUT2D eigenvalue weighted by Gasteiger charge is 2.51. The van der Waals surface area contributed by atoms with E-state index in [1.165, 1.54) is 4.31 Å². The van der Waals surface area contributed by atoms with Gasteiger partial charge in [-0.1, -0.05) is 17.7 Å². The fourth-order valence-corrected chi connectivity index (χ4v) is 4.77. The van der Waals surface area contributed by atoms with Crippen molar-refractivity contribution in [1.29, 1.82) is 0 Å². The highest BCUT2D eigenvalue weighted by Crippen LogP contribution is 2.39. The molecule has 2 bridgehead atoms. The SMILES string of the molecule is Cc1ccc(S(=O)(=O)N2[C@@H]3CC[C@H]2C(=O)C3)cc1. The van der Waals surface area contributed by atoms with Crippen LogP contribution in [0.2, 0.25) is 0 Å². The fourth-order valence-electron chi connectivity index (χ4n) is 2.92. The molecule has 0 aliphatic carbocycles. The van der Waals surface area contributed by atoms with Crippen molar-refractivity contribution in [3.05, 3.63) is 29.8 Å². The molecule has 1 aromatic rings. The number of rotatable bonds is 2. The van der Waals surface area contributed by atoms with Gasteiger partial charge in [-0.05, 0) is 31.9 Å². The summed E-state index contributed by atoms with van der Waals surface area (Å²) in [6.45, 7) is 1.92. The molecule has 5 heteroatoms. The van der Waals surface area contributed by atoms with Crippen molar-refractivity contribution >= 4 is 15.8 Å². The number of fused-ring (bicyclic) bond motifs is 2. The number of Topliss-reactive ketones (excluding diaryl/α,β-unsaturated/α-hetero) is 1. The number of aryl methyl sites for hydroxylation is 1. The monoisotopic (exact) mass is 265 g/mol. The summed E-state index contributed by atoms with van der Waals surface area (Å²) in [5.74, 6) is 0.0712. The molecule has 0 saturated carbocycles. The first-order valence-corrected chi connectivity index (χ1v) is 7.57. The molecule has 2 aliphatic heterocycles. The van der Waals surface area contributed by atoms with Gasteiger partial charge in [0.25, 0.3) is 0 Å². The van der Waals surface area contributed by atoms with Crippen LogP contribution in [-0.2, 0) is 14.8 Å². The molecular formula is C13H15NO3S. The van der Waals surface area contributed by atoms with Crippen molar-refractivity contribution in [3.8, 4) is 0 Å². The standard InChI is InChI=1S/C13H15NO3S/c1-9-2-5-11(6-3-9)18(16,17)14-10-4-7-12(14)13(15)8-10/h2-3,5-6,10,12H,4,7-8H2,1H3/t10-,12+/m1/s1. The number of carbonyl (C=O) groups is 1. The van der Waals surface area contributed by atoms with Gasteiger partial charge in [-0.3, -0.25) is 4.79 Å². The van der Waals surface area contributed by atoms with Crippen LogP contribution in [0.15, 0.2) is 29.2 Å². The smallest absolute Gasteiger partial charge is 0.243 e. The van der Waals surface area contributed by atoms with Gasteiger partial charge in [0, 0.05) is 12.5 Å². The number of hydrogen-bond donors (Lipinski definition) is 0. The second kappa shape index (κ2) is 3.90. The first kappa shape index (κ1) is 11.9. The maximum atomic E-state index is 12.5. The summed E-state index contributed by atoms with van der Waals surface area (Å²) >= 11 is 0. The average Bonchev–Trinajstić information content (AvgIpc) is 2.86. The van der Waals surface area contributed by atoms with Gasteiger partial charge in [0.05, 0.1) is 10.9 Å². The Labute approximate surface area is 107 Å². The lowest BCUT2D eigenvalue weighted by atomic mass is 10.00. The molecule has 18 heavy (non-hydrogen) atoms. The molecule has 0 radical (unpaired) electrons. The van der Waals surface area contributed by atoms with E-state index in [1.54, 1.807) is 24.3 Å². The summed E-state index contributed by atoms with van der Waals surface area (Å²) in [5.41, 5.74) is 1.02. The fraction of sp³-hybridized carbons (Fsp3) is 0.462. The predicted molar refractivity (Wildman–Crippen MR) is 66.6 cm³/mol. The molecule has 0 spiro atoms. The van der Waals surface area contributed by atoms with Crippen LogP contribution in [0, 0.1) is 6.92 Å². The van der Waals surface area contributed by atoms with Crippen LogP contribution in [0.5, 0.6) is 0 Å². The highest BCUT2D eigenvalue weighted by molar-refractivity contribution is 7.89. The molecule has 0 unspecified atom stereocenters. The molecule has 3 rings (SSSR count). The third-order valence-corrected chi connectivity index (χ3v) is 5.82. The summed E-state index contributed by atoms with van der Waals surface area (Å²) < 4.78 is 26.5. The van der Waals surface area contributed by atoms with E-state index in [9.17, 15) is 13.2 Å². The summed E-state index contributed by atoms with van der Waals surface area (Å²) in [4.78, 5) is 12.0. The topological polar surface area (TPSA) is 54.5 Å². The second-order valence-electron chi connectivity index (χ2n) is 5.07. The van der Waals surface area contributed by atoms with Crippen molar-refractivity contribution in [2.45, 2.75) is 43.2 Å². The maximum absolute atomic E-state index is 12.5. The quantitative estimate of drug-likeness (QED) is 0.814. The van der Waals surface area contributed by atoms with Crippen LogP contribution in [0.1, 0.15) is 24.8 Å². The van der Waals surface area contributed by atoms with E-state index in [-0.39, 0.29) is 11.8 Å². The second-order valence-corrected chi connectivity index (χ2v) is 6.91. The molecule has 2 atom stereocenters. The van der Waals surface area contributed by atoms with Crippen molar-refractivity contribution in [3.63, 3.8) is 0 Å². The summed E-state index contributed by atoms with van der Waals surface area (Å²) in [7, 11) is -3.51. The Bertz CT molecular complexity index is 591. The number of benzene rings is 1. The van der Waals surface area contributed by atoms with E-state index in [0.29, 0.717) is 17.7 Å². The third-order valence-electron chi connectivity index (χ3n) is 3.85. The van der Waals surface area contributed by atoms with Gasteiger partial charge in [0.1, 0.15) is 0 Å². The molecule has 96 valence electrons. The minimum Gasteiger partial charge on any atom is -0.298 e. The van der Waals surface area contributed by atoms with E-state index < -0.39 is 16.1 Å². The van der Waals surface area contributed by atoms with Gasteiger partial charge in [-0.15, -0.1) is 0 Å². The lowest BCUT2D eigenvalue weighted by molar-refractivity contribution is -0.119. The van der Waals surface area contributed by atoms with Crippen molar-refractivity contribution in [2.24, 2.45) is 0 Å². The van der Waals surface area contributed by atoms with Gasteiger partial charge >= 0.3 is 0 Å². The molecule has 0 aromatic heterocycles. The molecule has 0 N–H and O–H groups in total. The van der Waals surface area contributed by atoms with Crippen LogP contribution in [0.3, 0.4) is 0 Å². The van der Waals surface area contributed by atoms with Gasteiger partial charge in [0.15, 0.2) is 5.78 Å². The zero-order valence-corrected chi connectivity index (χ0v) is 11.0. The van der Waals surface area contributed by atoms with E-state index in [1.807, 2.05) is 6.92 Å². The molecule has 2 fully saturated rings. The summed E-state index contributed by atoms with van der Waals surface area (Å²) in [5, 5.41) is 0. The lowest BCUT2D eigenvalue weighted by Gasteiger charge is -2.20. The van der Waals surface area contributed by atoms with Crippen LogP contribution in [-0.4, -0.2) is 30.6 Å². The van der Waals surface area contributed by atoms with Crippen molar-refractivity contribution in [2.75, 3.05) is 0 Å². The van der Waals surface area contributed by atoms with Crippen LogP contribution in [0.4, 0.5) is 0 Å². The summed E-state index contributed by atoms with van der Waals surface area (Å²) in [6.07, 6.45) is 1.87. The Hall–Kier alpha value is -1.20. The molecule has 2 saturated heterocycles. The van der Waals surface area contributed by atoms with Crippen molar-refractivity contribution < 1.29 is 13.2 Å². The summed E-state index contributed by atoms with van der Waals surface area (Å²) in [6, 6.07) is 6.27. The molecular weight excluding hydrogens is 250 g/mol. The minimum absolute atomic E-state index is 0.0712. The van der Waals surface area contributed by atoms with Gasteiger partial charge in [0.2, 0.25) is 10.0 Å². The first-order valence-electron chi connectivity index (χ1n) is 6.13. The maximum Gasteiger partial charge on any atom is 0.243 e. The Morgan fingerprint density at radius 2 is 1.83 bits per heavy atom. The van der Waals surface area contributed by atoms with Crippen LogP contribution < -0.4 is 0 Å². The number of carbonyl (C=O) groups excluding carboxylic acids is 1. The van der Waals surface area contributed by atoms with E-state index in [2.05, 4.69) is 0 Å². The lowest BCUT2D eigenvalue weighted by Crippen LogP contribution is -2.36. The van der Waals surface area contributed by atoms with Crippen LogP contribution >= 0.6 is 0 Å². The Balaban J connectivity index is 2.01. The molecule has 2 aliphatic rings. The highest BCUT2D eigenvalue weighted by atomic mass is 32.2. The third kappa shape index (κ3) is 1.61. The van der Waals surface area contributed by atoms with Gasteiger partial charge < -0.3 is 0 Å². The number of sulfonamides is 1. The molecule has 2 heterocycles. The average molecular weight is 265 g/mol. The van der Waals surface area contributed by atoms with E-state index >= 15 is 0 Å². The van der Waals surface area contributed by atoms with Crippen LogP contribution in [0.25, 0.3) is 0 Å². The van der Waals surface area contributed by atoms with Crippen molar-refractivity contribution in [1.82, 2.24) is 4.31 Å². The van der Waals surface area contributed by atoms with Gasteiger partial charge in [-0.25, -0.2) is 8.42 Å². The molecule has 0 amide bonds. The predicted octanol–water partition coefficient (Wildman–Crippen LogP) is 1.49. The minimum atomic E-state index is -3.51. The first-order chi connectivity index (χ1) is 8.50. The van der Waals surface area contributed by atoms with E-state index in [4.69, 9.17) is 0 Å².